The van der Waals surface area contributed by atoms with Gasteiger partial charge in [0.05, 0.1) is 5.56 Å². The molecular formula is C17H26N2O2. The molecule has 0 unspecified atom stereocenters. The molecular weight excluding hydrogens is 264 g/mol. The van der Waals surface area contributed by atoms with Crippen molar-refractivity contribution in [3.8, 4) is 0 Å². The number of rotatable bonds is 5. The number of aryl methyl sites for hydroxylation is 1. The first kappa shape index (κ1) is 15.8. The van der Waals surface area contributed by atoms with Crippen molar-refractivity contribution in [2.75, 3.05) is 32.1 Å². The normalized spacial score (nSPS) is 15.8. The van der Waals surface area contributed by atoms with Gasteiger partial charge in [0, 0.05) is 38.5 Å². The highest BCUT2D eigenvalue weighted by molar-refractivity contribution is 5.99. The van der Waals surface area contributed by atoms with Crippen molar-refractivity contribution in [2.24, 2.45) is 0 Å². The molecule has 21 heavy (non-hydrogen) atoms. The van der Waals surface area contributed by atoms with Crippen molar-refractivity contribution < 1.29 is 9.53 Å². The molecule has 2 rings (SSSR count). The molecule has 0 aromatic heterocycles. The van der Waals surface area contributed by atoms with Crippen LogP contribution in [-0.2, 0) is 4.74 Å². The van der Waals surface area contributed by atoms with Crippen LogP contribution >= 0.6 is 0 Å². The van der Waals surface area contributed by atoms with Crippen LogP contribution in [0.4, 0.5) is 5.69 Å². The molecule has 0 saturated carbocycles. The van der Waals surface area contributed by atoms with E-state index in [0.717, 1.165) is 55.8 Å². The van der Waals surface area contributed by atoms with Gasteiger partial charge in [0.25, 0.3) is 5.91 Å². The summed E-state index contributed by atoms with van der Waals surface area (Å²) in [5.41, 5.74) is 2.82. The molecule has 0 aliphatic carbocycles. The van der Waals surface area contributed by atoms with Gasteiger partial charge in [0.1, 0.15) is 0 Å². The number of benzene rings is 1. The fourth-order valence-corrected chi connectivity index (χ4v) is 2.68. The van der Waals surface area contributed by atoms with Crippen LogP contribution in [0.25, 0.3) is 0 Å². The Bertz CT molecular complexity index is 482. The third kappa shape index (κ3) is 3.97. The second kappa shape index (κ2) is 7.46. The Kier molecular flexibility index (Phi) is 5.62. The van der Waals surface area contributed by atoms with Gasteiger partial charge in [-0.25, -0.2) is 0 Å². The quantitative estimate of drug-likeness (QED) is 0.906. The lowest BCUT2D eigenvalue weighted by Crippen LogP contribution is -2.40. The van der Waals surface area contributed by atoms with Crippen LogP contribution in [0.3, 0.4) is 0 Å². The summed E-state index contributed by atoms with van der Waals surface area (Å²) < 4.78 is 5.38. The van der Waals surface area contributed by atoms with E-state index in [2.05, 4.69) is 12.2 Å². The number of hydrogen-bond donors (Lipinski definition) is 1. The Labute approximate surface area is 127 Å². The smallest absolute Gasteiger partial charge is 0.255 e. The first-order chi connectivity index (χ1) is 10.1. The summed E-state index contributed by atoms with van der Waals surface area (Å²) >= 11 is 0. The number of ether oxygens (including phenoxy) is 1. The van der Waals surface area contributed by atoms with E-state index in [9.17, 15) is 4.79 Å². The summed E-state index contributed by atoms with van der Waals surface area (Å²) in [6.45, 7) is 6.52. The zero-order chi connectivity index (χ0) is 15.2. The number of carbonyl (C=O) groups excluding carboxylic acids is 1. The van der Waals surface area contributed by atoms with Gasteiger partial charge in [-0.15, -0.1) is 0 Å². The van der Waals surface area contributed by atoms with Crippen LogP contribution in [0.15, 0.2) is 18.2 Å². The molecule has 1 fully saturated rings. The molecule has 116 valence electrons. The second-order valence-corrected chi connectivity index (χ2v) is 5.74. The number of nitrogens with one attached hydrogen (secondary N) is 1. The minimum absolute atomic E-state index is 0.101. The maximum Gasteiger partial charge on any atom is 0.255 e. The molecule has 0 radical (unpaired) electrons. The van der Waals surface area contributed by atoms with Gasteiger partial charge in [0.15, 0.2) is 0 Å². The van der Waals surface area contributed by atoms with Crippen LogP contribution in [0.2, 0.25) is 0 Å². The molecule has 1 aromatic carbocycles. The Balaban J connectivity index is 2.18. The lowest BCUT2D eigenvalue weighted by molar-refractivity contribution is 0.0362. The van der Waals surface area contributed by atoms with E-state index in [1.807, 2.05) is 37.1 Å². The van der Waals surface area contributed by atoms with Crippen molar-refractivity contribution in [2.45, 2.75) is 39.2 Å². The summed E-state index contributed by atoms with van der Waals surface area (Å²) in [7, 11) is 1.91. The standard InChI is InChI=1S/C17H26N2O2/c1-4-9-18-16-6-5-13(2)12-15(16)17(20)19(3)14-7-10-21-11-8-14/h5-6,12,14,18H,4,7-11H2,1-3H3. The average molecular weight is 290 g/mol. The van der Waals surface area contributed by atoms with Gasteiger partial charge >= 0.3 is 0 Å². The van der Waals surface area contributed by atoms with Crippen LogP contribution in [0, 0.1) is 6.92 Å². The fourth-order valence-electron chi connectivity index (χ4n) is 2.68. The Hall–Kier alpha value is -1.55. The molecule has 1 aliphatic rings. The molecule has 4 heteroatoms. The van der Waals surface area contributed by atoms with Crippen molar-refractivity contribution in [3.05, 3.63) is 29.3 Å². The first-order valence-corrected chi connectivity index (χ1v) is 7.83. The predicted octanol–water partition coefficient (Wildman–Crippen LogP) is 3.07. The monoisotopic (exact) mass is 290 g/mol. The van der Waals surface area contributed by atoms with E-state index < -0.39 is 0 Å². The lowest BCUT2D eigenvalue weighted by atomic mass is 10.0. The molecule has 1 heterocycles. The van der Waals surface area contributed by atoms with Crippen molar-refractivity contribution in [3.63, 3.8) is 0 Å². The number of hydrogen-bond acceptors (Lipinski definition) is 3. The second-order valence-electron chi connectivity index (χ2n) is 5.74. The van der Waals surface area contributed by atoms with Gasteiger partial charge in [-0.05, 0) is 38.3 Å². The molecule has 1 aromatic rings. The number of amides is 1. The van der Waals surface area contributed by atoms with E-state index in [-0.39, 0.29) is 11.9 Å². The summed E-state index contributed by atoms with van der Waals surface area (Å²) in [4.78, 5) is 14.7. The van der Waals surface area contributed by atoms with Crippen LogP contribution < -0.4 is 5.32 Å². The summed E-state index contributed by atoms with van der Waals surface area (Å²) in [6, 6.07) is 6.32. The van der Waals surface area contributed by atoms with Crippen LogP contribution in [0.5, 0.6) is 0 Å². The molecule has 1 N–H and O–H groups in total. The van der Waals surface area contributed by atoms with Crippen molar-refractivity contribution in [1.82, 2.24) is 4.90 Å². The molecule has 1 aliphatic heterocycles. The predicted molar refractivity (Wildman–Crippen MR) is 85.9 cm³/mol. The Morgan fingerprint density at radius 2 is 2.10 bits per heavy atom. The van der Waals surface area contributed by atoms with E-state index in [0.29, 0.717) is 0 Å². The fraction of sp³-hybridized carbons (Fsp3) is 0.588. The van der Waals surface area contributed by atoms with E-state index in [4.69, 9.17) is 4.74 Å². The minimum Gasteiger partial charge on any atom is -0.384 e. The van der Waals surface area contributed by atoms with Crippen LogP contribution in [-0.4, -0.2) is 43.7 Å². The molecule has 0 spiro atoms. The molecule has 0 bridgehead atoms. The van der Waals surface area contributed by atoms with Gasteiger partial charge < -0.3 is 15.0 Å². The molecule has 1 saturated heterocycles. The molecule has 1 amide bonds. The zero-order valence-corrected chi connectivity index (χ0v) is 13.3. The maximum atomic E-state index is 12.8. The maximum absolute atomic E-state index is 12.8. The zero-order valence-electron chi connectivity index (χ0n) is 13.3. The van der Waals surface area contributed by atoms with Gasteiger partial charge in [-0.1, -0.05) is 18.6 Å². The van der Waals surface area contributed by atoms with E-state index in [1.54, 1.807) is 0 Å². The highest BCUT2D eigenvalue weighted by atomic mass is 16.5. The first-order valence-electron chi connectivity index (χ1n) is 7.83. The highest BCUT2D eigenvalue weighted by Crippen LogP contribution is 2.22. The number of carbonyl (C=O) groups is 1. The SMILES string of the molecule is CCCNc1ccc(C)cc1C(=O)N(C)C1CCOCC1. The van der Waals surface area contributed by atoms with E-state index in [1.165, 1.54) is 0 Å². The lowest BCUT2D eigenvalue weighted by Gasteiger charge is -2.31. The Morgan fingerprint density at radius 3 is 2.76 bits per heavy atom. The third-order valence-electron chi connectivity index (χ3n) is 4.03. The van der Waals surface area contributed by atoms with Crippen molar-refractivity contribution >= 4 is 11.6 Å². The van der Waals surface area contributed by atoms with Crippen LogP contribution in [0.1, 0.15) is 42.1 Å². The number of anilines is 1. The topological polar surface area (TPSA) is 41.6 Å². The number of nitrogens with zero attached hydrogens (tertiary/aromatic N) is 1. The third-order valence-corrected chi connectivity index (χ3v) is 4.03. The van der Waals surface area contributed by atoms with Crippen molar-refractivity contribution in [1.29, 1.82) is 0 Å². The highest BCUT2D eigenvalue weighted by Gasteiger charge is 2.24. The minimum atomic E-state index is 0.101. The largest absolute Gasteiger partial charge is 0.384 e. The molecule has 0 atom stereocenters. The van der Waals surface area contributed by atoms with Gasteiger partial charge in [0.2, 0.25) is 0 Å². The summed E-state index contributed by atoms with van der Waals surface area (Å²) in [6.07, 6.45) is 2.88. The summed E-state index contributed by atoms with van der Waals surface area (Å²) in [5.74, 6) is 0.101. The van der Waals surface area contributed by atoms with Gasteiger partial charge in [-0.2, -0.15) is 0 Å². The average Bonchev–Trinajstić information content (AvgIpc) is 2.53. The molecule has 4 nitrogen and oxygen atoms in total. The van der Waals surface area contributed by atoms with E-state index >= 15 is 0 Å². The summed E-state index contributed by atoms with van der Waals surface area (Å²) in [5, 5.41) is 3.36. The Morgan fingerprint density at radius 1 is 1.38 bits per heavy atom. The van der Waals surface area contributed by atoms with Gasteiger partial charge in [-0.3, -0.25) is 4.79 Å².